The zero-order valence-corrected chi connectivity index (χ0v) is 11.5. The molecule has 3 rings (SSSR count). The number of ether oxygens (including phenoxy) is 1. The van der Waals surface area contributed by atoms with E-state index in [9.17, 15) is 5.26 Å². The molecule has 0 saturated carbocycles. The van der Waals surface area contributed by atoms with E-state index in [-0.39, 0.29) is 0 Å². The summed E-state index contributed by atoms with van der Waals surface area (Å²) in [5.74, 6) is 1.10. The minimum Gasteiger partial charge on any atom is -0.454 e. The molecule has 1 heterocycles. The first-order valence-electron chi connectivity index (χ1n) is 6.51. The number of nitrogen functional groups attached to an aromatic ring is 1. The molecule has 1 aromatic heterocycles. The van der Waals surface area contributed by atoms with Crippen molar-refractivity contribution in [3.63, 3.8) is 0 Å². The van der Waals surface area contributed by atoms with Gasteiger partial charge in [-0.05, 0) is 48.9 Å². The van der Waals surface area contributed by atoms with Crippen molar-refractivity contribution in [1.29, 1.82) is 5.26 Å². The number of rotatable bonds is 2. The summed E-state index contributed by atoms with van der Waals surface area (Å²) in [5.41, 5.74) is 8.79. The molecule has 0 atom stereocenters. The molecule has 102 valence electrons. The van der Waals surface area contributed by atoms with Gasteiger partial charge in [0.2, 0.25) is 0 Å². The van der Waals surface area contributed by atoms with Gasteiger partial charge in [0.1, 0.15) is 17.3 Å². The van der Waals surface area contributed by atoms with E-state index in [1.54, 1.807) is 30.5 Å². The molecule has 2 aromatic carbocycles. The van der Waals surface area contributed by atoms with Crippen molar-refractivity contribution in [3.8, 4) is 17.6 Å². The van der Waals surface area contributed by atoms with Gasteiger partial charge in [-0.1, -0.05) is 6.07 Å². The fourth-order valence-electron chi connectivity index (χ4n) is 2.19. The van der Waals surface area contributed by atoms with Gasteiger partial charge in [0.25, 0.3) is 0 Å². The van der Waals surface area contributed by atoms with Crippen LogP contribution in [0.4, 0.5) is 5.69 Å². The molecule has 4 nitrogen and oxygen atoms in total. The van der Waals surface area contributed by atoms with Crippen LogP contribution in [-0.4, -0.2) is 4.98 Å². The molecule has 0 radical (unpaired) electrons. The van der Waals surface area contributed by atoms with Crippen molar-refractivity contribution in [2.45, 2.75) is 6.92 Å². The van der Waals surface area contributed by atoms with E-state index in [4.69, 9.17) is 10.5 Å². The van der Waals surface area contributed by atoms with Crippen LogP contribution in [0.2, 0.25) is 0 Å². The summed E-state index contributed by atoms with van der Waals surface area (Å²) in [6.45, 7) is 1.94. The first-order chi connectivity index (χ1) is 10.2. The van der Waals surface area contributed by atoms with Crippen LogP contribution in [0.25, 0.3) is 10.9 Å². The highest BCUT2D eigenvalue weighted by Crippen LogP contribution is 2.33. The zero-order valence-electron chi connectivity index (χ0n) is 11.5. The van der Waals surface area contributed by atoms with E-state index in [2.05, 4.69) is 11.1 Å². The standard InChI is InChI=1S/C17H13N3O/c1-11-4-6-15(12(9-11)10-18)21-16-7-5-14(19)13-3-2-8-20-17(13)16/h2-9H,19H2,1H3. The molecule has 0 aliphatic carbocycles. The second-order valence-corrected chi connectivity index (χ2v) is 4.77. The molecule has 0 amide bonds. The average molecular weight is 275 g/mol. The van der Waals surface area contributed by atoms with Crippen LogP contribution in [-0.2, 0) is 0 Å². The fourth-order valence-corrected chi connectivity index (χ4v) is 2.19. The summed E-state index contributed by atoms with van der Waals surface area (Å²) in [7, 11) is 0. The average Bonchev–Trinajstić information content (AvgIpc) is 2.52. The molecule has 0 saturated heterocycles. The van der Waals surface area contributed by atoms with Crippen molar-refractivity contribution in [2.24, 2.45) is 0 Å². The minimum absolute atomic E-state index is 0.496. The van der Waals surface area contributed by atoms with Crippen molar-refractivity contribution >= 4 is 16.6 Å². The van der Waals surface area contributed by atoms with Crippen molar-refractivity contribution < 1.29 is 4.74 Å². The Hall–Kier alpha value is -3.06. The number of nitrogens with two attached hydrogens (primary N) is 1. The lowest BCUT2D eigenvalue weighted by molar-refractivity contribution is 0.485. The van der Waals surface area contributed by atoms with Crippen LogP contribution in [0, 0.1) is 18.3 Å². The molecule has 0 aliphatic rings. The van der Waals surface area contributed by atoms with Crippen LogP contribution in [0.5, 0.6) is 11.5 Å². The number of anilines is 1. The lowest BCUT2D eigenvalue weighted by Crippen LogP contribution is -1.94. The van der Waals surface area contributed by atoms with Gasteiger partial charge >= 0.3 is 0 Å². The maximum absolute atomic E-state index is 9.21. The summed E-state index contributed by atoms with van der Waals surface area (Å²) in [4.78, 5) is 4.32. The quantitative estimate of drug-likeness (QED) is 0.722. The Morgan fingerprint density at radius 2 is 1.95 bits per heavy atom. The predicted molar refractivity (Wildman–Crippen MR) is 82.1 cm³/mol. The molecule has 0 spiro atoms. The van der Waals surface area contributed by atoms with Gasteiger partial charge in [-0.25, -0.2) is 0 Å². The number of nitrogens with zero attached hydrogens (tertiary/aromatic N) is 2. The topological polar surface area (TPSA) is 71.9 Å². The molecule has 0 bridgehead atoms. The number of aryl methyl sites for hydroxylation is 1. The maximum atomic E-state index is 9.21. The Labute approximate surface area is 122 Å². The molecule has 4 heteroatoms. The van der Waals surface area contributed by atoms with Gasteiger partial charge in [-0.15, -0.1) is 0 Å². The summed E-state index contributed by atoms with van der Waals surface area (Å²) in [6, 6.07) is 14.9. The summed E-state index contributed by atoms with van der Waals surface area (Å²) >= 11 is 0. The number of hydrogen-bond acceptors (Lipinski definition) is 4. The molecule has 21 heavy (non-hydrogen) atoms. The van der Waals surface area contributed by atoms with Crippen molar-refractivity contribution in [3.05, 3.63) is 59.8 Å². The Morgan fingerprint density at radius 1 is 1.14 bits per heavy atom. The Balaban J connectivity index is 2.11. The van der Waals surface area contributed by atoms with E-state index in [1.807, 2.05) is 25.1 Å². The van der Waals surface area contributed by atoms with Crippen LogP contribution >= 0.6 is 0 Å². The van der Waals surface area contributed by atoms with Crippen LogP contribution in [0.15, 0.2) is 48.7 Å². The van der Waals surface area contributed by atoms with Crippen LogP contribution < -0.4 is 10.5 Å². The fraction of sp³-hybridized carbons (Fsp3) is 0.0588. The van der Waals surface area contributed by atoms with Crippen molar-refractivity contribution in [2.75, 3.05) is 5.73 Å². The second kappa shape index (κ2) is 5.14. The highest BCUT2D eigenvalue weighted by Gasteiger charge is 2.10. The second-order valence-electron chi connectivity index (χ2n) is 4.77. The van der Waals surface area contributed by atoms with Gasteiger partial charge in [-0.2, -0.15) is 5.26 Å². The lowest BCUT2D eigenvalue weighted by Gasteiger charge is -2.11. The molecule has 0 aliphatic heterocycles. The molecule has 2 N–H and O–H groups in total. The molecular weight excluding hydrogens is 262 g/mol. The smallest absolute Gasteiger partial charge is 0.153 e. The Morgan fingerprint density at radius 3 is 2.76 bits per heavy atom. The molecule has 0 unspecified atom stereocenters. The first kappa shape index (κ1) is 12.9. The van der Waals surface area contributed by atoms with E-state index in [0.717, 1.165) is 10.9 Å². The summed E-state index contributed by atoms with van der Waals surface area (Å²) in [5, 5.41) is 10.0. The number of benzene rings is 2. The van der Waals surface area contributed by atoms with E-state index in [0.29, 0.717) is 28.3 Å². The third-order valence-electron chi connectivity index (χ3n) is 3.24. The number of hydrogen-bond donors (Lipinski definition) is 1. The first-order valence-corrected chi connectivity index (χ1v) is 6.51. The maximum Gasteiger partial charge on any atom is 0.153 e. The summed E-state index contributed by atoms with van der Waals surface area (Å²) < 4.78 is 5.88. The van der Waals surface area contributed by atoms with Gasteiger partial charge in [-0.3, -0.25) is 4.98 Å². The monoisotopic (exact) mass is 275 g/mol. The third kappa shape index (κ3) is 2.37. The molecule has 3 aromatic rings. The van der Waals surface area contributed by atoms with Crippen molar-refractivity contribution in [1.82, 2.24) is 4.98 Å². The van der Waals surface area contributed by atoms with E-state index >= 15 is 0 Å². The van der Waals surface area contributed by atoms with Gasteiger partial charge < -0.3 is 10.5 Å². The number of pyridine rings is 1. The molecular formula is C17H13N3O. The number of nitriles is 1. The number of aromatic nitrogens is 1. The summed E-state index contributed by atoms with van der Waals surface area (Å²) in [6.07, 6.45) is 1.69. The van der Waals surface area contributed by atoms with Gasteiger partial charge in [0.15, 0.2) is 5.75 Å². The normalized spacial score (nSPS) is 10.3. The van der Waals surface area contributed by atoms with Gasteiger partial charge in [0.05, 0.1) is 5.56 Å². The van der Waals surface area contributed by atoms with E-state index in [1.165, 1.54) is 0 Å². The SMILES string of the molecule is Cc1ccc(Oc2ccc(N)c3cccnc23)c(C#N)c1. The highest BCUT2D eigenvalue weighted by molar-refractivity contribution is 5.94. The highest BCUT2D eigenvalue weighted by atomic mass is 16.5. The number of fused-ring (bicyclic) bond motifs is 1. The predicted octanol–water partition coefficient (Wildman–Crippen LogP) is 3.79. The third-order valence-corrected chi connectivity index (χ3v) is 3.24. The lowest BCUT2D eigenvalue weighted by atomic mass is 10.1. The van der Waals surface area contributed by atoms with E-state index < -0.39 is 0 Å². The van der Waals surface area contributed by atoms with Crippen LogP contribution in [0.3, 0.4) is 0 Å². The molecule has 0 fully saturated rings. The van der Waals surface area contributed by atoms with Gasteiger partial charge in [0, 0.05) is 17.3 Å². The Bertz CT molecular complexity index is 866. The Kier molecular flexibility index (Phi) is 3.17. The van der Waals surface area contributed by atoms with Crippen LogP contribution in [0.1, 0.15) is 11.1 Å². The minimum atomic E-state index is 0.496. The zero-order chi connectivity index (χ0) is 14.8. The largest absolute Gasteiger partial charge is 0.454 e.